The van der Waals surface area contributed by atoms with Gasteiger partial charge in [0.15, 0.2) is 5.78 Å². The minimum atomic E-state index is -0.376. The van der Waals surface area contributed by atoms with E-state index in [0.717, 1.165) is 6.26 Å². The van der Waals surface area contributed by atoms with E-state index in [2.05, 4.69) is 0 Å². The predicted molar refractivity (Wildman–Crippen MR) is 43.4 cm³/mol. The molecule has 0 atom stereocenters. The Morgan fingerprint density at radius 1 is 1.40 bits per heavy atom. The number of rotatable bonds is 1. The molecule has 0 unspecified atom stereocenters. The molecule has 0 radical (unpaired) electrons. The van der Waals surface area contributed by atoms with E-state index in [1.54, 1.807) is 20.8 Å². The van der Waals surface area contributed by atoms with Crippen molar-refractivity contribution in [1.82, 2.24) is 0 Å². The van der Waals surface area contributed by atoms with Gasteiger partial charge in [-0.3, -0.25) is 4.79 Å². The van der Waals surface area contributed by atoms with Gasteiger partial charge in [0.2, 0.25) is 0 Å². The maximum atomic E-state index is 10.8. The summed E-state index contributed by atoms with van der Waals surface area (Å²) in [5, 5.41) is 8.20. The summed E-state index contributed by atoms with van der Waals surface area (Å²) in [7, 11) is 0. The Kier molecular flexibility index (Phi) is 7.38. The van der Waals surface area contributed by atoms with Crippen LogP contribution in [0.3, 0.4) is 0 Å². The van der Waals surface area contributed by atoms with Crippen molar-refractivity contribution in [3.8, 4) is 0 Å². The molecule has 2 nitrogen and oxygen atoms in total. The molecule has 0 rings (SSSR count). The molecule has 0 saturated carbocycles. The van der Waals surface area contributed by atoms with Gasteiger partial charge in [-0.15, -0.1) is 0 Å². The summed E-state index contributed by atoms with van der Waals surface area (Å²) in [6.07, 6.45) is 1.94. The Morgan fingerprint density at radius 2 is 1.80 bits per heavy atom. The van der Waals surface area contributed by atoms with Crippen LogP contribution in [0.2, 0.25) is 0 Å². The van der Waals surface area contributed by atoms with Gasteiger partial charge in [-0.25, -0.2) is 0 Å². The normalized spacial score (nSPS) is 11.1. The Hall–Kier alpha value is 0.846. The van der Waals surface area contributed by atoms with Crippen LogP contribution in [0.4, 0.5) is 0 Å². The zero-order chi connectivity index (χ0) is 7.49. The Labute approximate surface area is 104 Å². The molecule has 0 aliphatic rings. The fourth-order valence-corrected chi connectivity index (χ4v) is 0.318. The van der Waals surface area contributed by atoms with E-state index >= 15 is 0 Å². The SMILES string of the molecule is CC(C)(C)C(=O)C=CO.[KH]. The van der Waals surface area contributed by atoms with E-state index in [1.165, 1.54) is 6.08 Å². The first-order valence-corrected chi connectivity index (χ1v) is 2.83. The number of aliphatic hydroxyl groups is 1. The molecule has 0 bridgehead atoms. The van der Waals surface area contributed by atoms with Gasteiger partial charge in [-0.2, -0.15) is 0 Å². The molecule has 0 spiro atoms. The first-order chi connectivity index (χ1) is 3.98. The van der Waals surface area contributed by atoms with E-state index in [4.69, 9.17) is 5.11 Å². The number of hydrogen-bond acceptors (Lipinski definition) is 2. The molecule has 0 aromatic carbocycles. The summed E-state index contributed by atoms with van der Waals surface area (Å²) in [4.78, 5) is 10.8. The summed E-state index contributed by atoms with van der Waals surface area (Å²) >= 11 is 0. The van der Waals surface area contributed by atoms with Gasteiger partial charge in [0.1, 0.15) is 0 Å². The van der Waals surface area contributed by atoms with Gasteiger partial charge in [-0.05, 0) is 0 Å². The molecule has 0 aliphatic carbocycles. The van der Waals surface area contributed by atoms with Crippen molar-refractivity contribution in [2.24, 2.45) is 5.41 Å². The predicted octanol–water partition coefficient (Wildman–Crippen LogP) is 1.02. The zero-order valence-electron chi connectivity index (χ0n) is 6.01. The fraction of sp³-hybridized carbons (Fsp3) is 0.571. The number of allylic oxidation sites excluding steroid dienone is 1. The summed E-state index contributed by atoms with van der Waals surface area (Å²) in [6.45, 7) is 5.40. The molecule has 0 amide bonds. The molecule has 0 aromatic heterocycles. The number of aliphatic hydroxyl groups excluding tert-OH is 1. The number of hydrogen-bond donors (Lipinski definition) is 1. The first-order valence-electron chi connectivity index (χ1n) is 2.83. The second-order valence-electron chi connectivity index (χ2n) is 2.93. The van der Waals surface area contributed by atoms with Crippen LogP contribution in [-0.4, -0.2) is 62.3 Å². The van der Waals surface area contributed by atoms with Crippen LogP contribution in [0.1, 0.15) is 20.8 Å². The Morgan fingerprint density at radius 3 is 1.90 bits per heavy atom. The van der Waals surface area contributed by atoms with Crippen molar-refractivity contribution in [2.45, 2.75) is 20.8 Å². The van der Waals surface area contributed by atoms with Crippen molar-refractivity contribution in [1.29, 1.82) is 0 Å². The molecule has 1 N–H and O–H groups in total. The van der Waals surface area contributed by atoms with Crippen LogP contribution < -0.4 is 0 Å². The monoisotopic (exact) mass is 168 g/mol. The molecule has 0 fully saturated rings. The van der Waals surface area contributed by atoms with Gasteiger partial charge in [0.25, 0.3) is 0 Å². The molecular weight excluding hydrogens is 155 g/mol. The van der Waals surface area contributed by atoms with Gasteiger partial charge < -0.3 is 5.11 Å². The average molecular weight is 168 g/mol. The van der Waals surface area contributed by atoms with Crippen molar-refractivity contribution in [2.75, 3.05) is 0 Å². The topological polar surface area (TPSA) is 37.3 Å². The van der Waals surface area contributed by atoms with Crippen LogP contribution in [0.15, 0.2) is 12.3 Å². The summed E-state index contributed by atoms with van der Waals surface area (Å²) in [5.41, 5.74) is -0.376. The van der Waals surface area contributed by atoms with Crippen molar-refractivity contribution in [3.63, 3.8) is 0 Å². The van der Waals surface area contributed by atoms with Crippen molar-refractivity contribution in [3.05, 3.63) is 12.3 Å². The molecule has 0 aliphatic heterocycles. The number of carbonyl (C=O) groups is 1. The molecule has 3 heteroatoms. The Bertz CT molecular complexity index is 133. The zero-order valence-corrected chi connectivity index (χ0v) is 6.01. The third kappa shape index (κ3) is 5.62. The molecule has 0 saturated heterocycles. The van der Waals surface area contributed by atoms with Gasteiger partial charge in [-0.1, -0.05) is 20.8 Å². The minimum absolute atomic E-state index is 0. The average Bonchev–Trinajstić information content (AvgIpc) is 1.64. The van der Waals surface area contributed by atoms with Crippen LogP contribution in [0.5, 0.6) is 0 Å². The van der Waals surface area contributed by atoms with Gasteiger partial charge in [0, 0.05) is 11.5 Å². The van der Waals surface area contributed by atoms with Crippen molar-refractivity contribution >= 4 is 57.2 Å². The molecular formula is C7H13KO2. The second-order valence-corrected chi connectivity index (χ2v) is 2.93. The standard InChI is InChI=1S/C7H12O2.K.H/c1-7(2,3)6(9)4-5-8;;/h4-5,8H,1-3H3;;. The molecule has 10 heavy (non-hydrogen) atoms. The van der Waals surface area contributed by atoms with Gasteiger partial charge >= 0.3 is 51.4 Å². The van der Waals surface area contributed by atoms with Gasteiger partial charge in [0.05, 0.1) is 6.26 Å². The number of carbonyl (C=O) groups excluding carboxylic acids is 1. The first kappa shape index (κ1) is 13.4. The second kappa shape index (κ2) is 5.49. The third-order valence-corrected chi connectivity index (χ3v) is 0.965. The van der Waals surface area contributed by atoms with Crippen LogP contribution in [0.25, 0.3) is 0 Å². The number of ketones is 1. The summed E-state index contributed by atoms with van der Waals surface area (Å²) in [6, 6.07) is 0. The summed E-state index contributed by atoms with van der Waals surface area (Å²) in [5.74, 6) is -0.0648. The molecule has 0 heterocycles. The molecule has 0 aromatic rings. The van der Waals surface area contributed by atoms with Crippen molar-refractivity contribution < 1.29 is 9.90 Å². The van der Waals surface area contributed by atoms with Crippen LogP contribution >= 0.6 is 0 Å². The van der Waals surface area contributed by atoms with E-state index in [-0.39, 0.29) is 62.6 Å². The molecule has 54 valence electrons. The van der Waals surface area contributed by atoms with E-state index in [9.17, 15) is 4.79 Å². The van der Waals surface area contributed by atoms with E-state index in [0.29, 0.717) is 0 Å². The maximum absolute atomic E-state index is 10.8. The Balaban J connectivity index is 0. The summed E-state index contributed by atoms with van der Waals surface area (Å²) < 4.78 is 0. The third-order valence-electron chi connectivity index (χ3n) is 0.965. The van der Waals surface area contributed by atoms with E-state index < -0.39 is 0 Å². The fourth-order valence-electron chi connectivity index (χ4n) is 0.318. The van der Waals surface area contributed by atoms with Crippen LogP contribution in [-0.2, 0) is 4.79 Å². The van der Waals surface area contributed by atoms with Crippen LogP contribution in [0, 0.1) is 5.41 Å². The quantitative estimate of drug-likeness (QED) is 0.360. The van der Waals surface area contributed by atoms with E-state index in [1.807, 2.05) is 0 Å².